The van der Waals surface area contributed by atoms with Crippen LogP contribution < -0.4 is 10.1 Å². The molecule has 21 heavy (non-hydrogen) atoms. The summed E-state index contributed by atoms with van der Waals surface area (Å²) in [5, 5.41) is 3.45. The monoisotopic (exact) mass is 313 g/mol. The summed E-state index contributed by atoms with van der Waals surface area (Å²) in [6.07, 6.45) is 4.91. The fraction of sp³-hybridized carbons (Fsp3) is 0.625. The number of ether oxygens (including phenoxy) is 1. The molecule has 0 saturated carbocycles. The van der Waals surface area contributed by atoms with Crippen LogP contribution in [0.25, 0.3) is 0 Å². The molecule has 1 aromatic rings. The fourth-order valence-corrected chi connectivity index (χ4v) is 2.90. The number of rotatable bonds is 10. The van der Waals surface area contributed by atoms with E-state index < -0.39 is 9.84 Å². The van der Waals surface area contributed by atoms with Crippen molar-refractivity contribution in [1.29, 1.82) is 0 Å². The van der Waals surface area contributed by atoms with Crippen LogP contribution in [-0.4, -0.2) is 40.1 Å². The summed E-state index contributed by atoms with van der Waals surface area (Å²) >= 11 is 0. The second-order valence-corrected chi connectivity index (χ2v) is 7.72. The molecule has 0 spiro atoms. The molecular formula is C16H27NO3S. The molecule has 0 radical (unpaired) electrons. The lowest BCUT2D eigenvalue weighted by Gasteiger charge is -2.18. The fourth-order valence-electron chi connectivity index (χ4n) is 2.19. The topological polar surface area (TPSA) is 55.4 Å². The number of benzene rings is 1. The van der Waals surface area contributed by atoms with Crippen LogP contribution in [0.3, 0.4) is 0 Å². The molecule has 1 unspecified atom stereocenters. The first-order valence-electron chi connectivity index (χ1n) is 7.48. The molecule has 0 aliphatic carbocycles. The summed E-state index contributed by atoms with van der Waals surface area (Å²) in [6, 6.07) is 8.29. The van der Waals surface area contributed by atoms with Crippen LogP contribution in [0.2, 0.25) is 0 Å². The van der Waals surface area contributed by atoms with Gasteiger partial charge in [0.2, 0.25) is 0 Å². The standard InChI is InChI=1S/C16H27NO3S/c1-4-12-17-15(11-13-21(3,18)19)8-5-14-6-9-16(20-2)10-7-14/h6-7,9-10,15,17H,4-5,8,11-13H2,1-3H3. The van der Waals surface area contributed by atoms with Gasteiger partial charge in [-0.1, -0.05) is 19.1 Å². The Kier molecular flexibility index (Phi) is 7.75. The van der Waals surface area contributed by atoms with Crippen LogP contribution >= 0.6 is 0 Å². The van der Waals surface area contributed by atoms with E-state index in [1.165, 1.54) is 11.8 Å². The first-order valence-corrected chi connectivity index (χ1v) is 9.54. The van der Waals surface area contributed by atoms with Gasteiger partial charge in [0.05, 0.1) is 12.9 Å². The van der Waals surface area contributed by atoms with Gasteiger partial charge in [-0.05, 0) is 49.9 Å². The molecule has 0 aromatic heterocycles. The summed E-state index contributed by atoms with van der Waals surface area (Å²) in [5.74, 6) is 1.10. The van der Waals surface area contributed by atoms with E-state index in [-0.39, 0.29) is 11.8 Å². The smallest absolute Gasteiger partial charge is 0.147 e. The quantitative estimate of drug-likeness (QED) is 0.721. The molecule has 1 rings (SSSR count). The van der Waals surface area contributed by atoms with Crippen molar-refractivity contribution in [1.82, 2.24) is 5.32 Å². The van der Waals surface area contributed by atoms with E-state index in [9.17, 15) is 8.42 Å². The Morgan fingerprint density at radius 3 is 2.38 bits per heavy atom. The van der Waals surface area contributed by atoms with Crippen LogP contribution in [0.15, 0.2) is 24.3 Å². The molecule has 120 valence electrons. The Bertz CT molecular complexity index is 497. The number of sulfone groups is 1. The number of hydrogen-bond donors (Lipinski definition) is 1. The van der Waals surface area contributed by atoms with Crippen molar-refractivity contribution >= 4 is 9.84 Å². The highest BCUT2D eigenvalue weighted by atomic mass is 32.2. The maximum Gasteiger partial charge on any atom is 0.147 e. The van der Waals surface area contributed by atoms with E-state index in [2.05, 4.69) is 24.4 Å². The first-order chi connectivity index (χ1) is 9.94. The van der Waals surface area contributed by atoms with Gasteiger partial charge in [-0.25, -0.2) is 8.42 Å². The Morgan fingerprint density at radius 1 is 1.19 bits per heavy atom. The second-order valence-electron chi connectivity index (χ2n) is 5.46. The predicted octanol–water partition coefficient (Wildman–Crippen LogP) is 2.43. The minimum absolute atomic E-state index is 0.247. The van der Waals surface area contributed by atoms with Crippen LogP contribution in [0.4, 0.5) is 0 Å². The van der Waals surface area contributed by atoms with Gasteiger partial charge in [-0.3, -0.25) is 0 Å². The number of nitrogens with one attached hydrogen (secondary N) is 1. The molecule has 1 aromatic carbocycles. The molecule has 0 heterocycles. The molecule has 0 aliphatic rings. The van der Waals surface area contributed by atoms with E-state index in [0.29, 0.717) is 6.42 Å². The van der Waals surface area contributed by atoms with Crippen LogP contribution in [0.1, 0.15) is 31.7 Å². The predicted molar refractivity (Wildman–Crippen MR) is 87.7 cm³/mol. The molecule has 0 fully saturated rings. The Hall–Kier alpha value is -1.07. The molecule has 5 heteroatoms. The summed E-state index contributed by atoms with van der Waals surface area (Å²) in [4.78, 5) is 0. The van der Waals surface area contributed by atoms with Gasteiger partial charge in [-0.15, -0.1) is 0 Å². The summed E-state index contributed by atoms with van der Waals surface area (Å²) in [7, 11) is -1.24. The molecule has 0 bridgehead atoms. The zero-order chi connectivity index (χ0) is 15.7. The van der Waals surface area contributed by atoms with Crippen molar-refractivity contribution in [2.45, 2.75) is 38.6 Å². The maximum absolute atomic E-state index is 11.3. The summed E-state index contributed by atoms with van der Waals surface area (Å²) < 4.78 is 27.8. The third-order valence-corrected chi connectivity index (χ3v) is 4.44. The Morgan fingerprint density at radius 2 is 1.86 bits per heavy atom. The molecule has 1 N–H and O–H groups in total. The molecule has 0 aliphatic heterocycles. The SMILES string of the molecule is CCCNC(CCc1ccc(OC)cc1)CCS(C)(=O)=O. The third-order valence-electron chi connectivity index (χ3n) is 3.46. The van der Waals surface area contributed by atoms with Crippen LogP contribution in [0, 0.1) is 0 Å². The number of aryl methyl sites for hydroxylation is 1. The van der Waals surface area contributed by atoms with Crippen molar-refractivity contribution in [3.05, 3.63) is 29.8 Å². The van der Waals surface area contributed by atoms with Crippen LogP contribution in [0.5, 0.6) is 5.75 Å². The van der Waals surface area contributed by atoms with Crippen molar-refractivity contribution in [3.63, 3.8) is 0 Å². The van der Waals surface area contributed by atoms with Gasteiger partial charge < -0.3 is 10.1 Å². The van der Waals surface area contributed by atoms with Crippen molar-refractivity contribution in [2.75, 3.05) is 25.7 Å². The minimum atomic E-state index is -2.89. The summed E-state index contributed by atoms with van der Waals surface area (Å²) in [6.45, 7) is 3.04. The van der Waals surface area contributed by atoms with Crippen molar-refractivity contribution in [3.8, 4) is 5.75 Å². The number of methoxy groups -OCH3 is 1. The second kappa shape index (κ2) is 9.05. The third kappa shape index (κ3) is 8.07. The van der Waals surface area contributed by atoms with Crippen molar-refractivity contribution in [2.24, 2.45) is 0 Å². The zero-order valence-electron chi connectivity index (χ0n) is 13.3. The van der Waals surface area contributed by atoms with Gasteiger partial charge in [0.15, 0.2) is 0 Å². The molecular weight excluding hydrogens is 286 g/mol. The normalized spacial score (nSPS) is 13.1. The van der Waals surface area contributed by atoms with E-state index in [0.717, 1.165) is 31.6 Å². The molecule has 0 amide bonds. The molecule has 1 atom stereocenters. The first kappa shape index (κ1) is 18.0. The molecule has 4 nitrogen and oxygen atoms in total. The van der Waals surface area contributed by atoms with Gasteiger partial charge in [0, 0.05) is 12.3 Å². The van der Waals surface area contributed by atoms with E-state index >= 15 is 0 Å². The van der Waals surface area contributed by atoms with E-state index in [4.69, 9.17) is 4.74 Å². The Balaban J connectivity index is 2.50. The lowest BCUT2D eigenvalue weighted by atomic mass is 10.0. The lowest BCUT2D eigenvalue weighted by Crippen LogP contribution is -2.32. The highest BCUT2D eigenvalue weighted by Gasteiger charge is 2.12. The highest BCUT2D eigenvalue weighted by molar-refractivity contribution is 7.90. The average molecular weight is 313 g/mol. The van der Waals surface area contributed by atoms with Crippen LogP contribution in [-0.2, 0) is 16.3 Å². The average Bonchev–Trinajstić information content (AvgIpc) is 2.46. The van der Waals surface area contributed by atoms with Gasteiger partial charge in [0.25, 0.3) is 0 Å². The maximum atomic E-state index is 11.3. The number of hydrogen-bond acceptors (Lipinski definition) is 4. The van der Waals surface area contributed by atoms with Gasteiger partial charge >= 0.3 is 0 Å². The molecule has 0 saturated heterocycles. The van der Waals surface area contributed by atoms with E-state index in [1.54, 1.807) is 7.11 Å². The summed E-state index contributed by atoms with van der Waals surface area (Å²) in [5.41, 5.74) is 1.25. The lowest BCUT2D eigenvalue weighted by molar-refractivity contribution is 0.414. The van der Waals surface area contributed by atoms with Gasteiger partial charge in [0.1, 0.15) is 15.6 Å². The van der Waals surface area contributed by atoms with Gasteiger partial charge in [-0.2, -0.15) is 0 Å². The largest absolute Gasteiger partial charge is 0.497 e. The van der Waals surface area contributed by atoms with Crippen molar-refractivity contribution < 1.29 is 13.2 Å². The Labute approximate surface area is 128 Å². The van der Waals surface area contributed by atoms with E-state index in [1.807, 2.05) is 12.1 Å². The minimum Gasteiger partial charge on any atom is -0.497 e. The zero-order valence-corrected chi connectivity index (χ0v) is 14.1. The highest BCUT2D eigenvalue weighted by Crippen LogP contribution is 2.14.